The number of benzene rings is 2. The van der Waals surface area contributed by atoms with E-state index < -0.39 is 18.1 Å². The summed E-state index contributed by atoms with van der Waals surface area (Å²) < 4.78 is 21.0. The Kier molecular flexibility index (Phi) is 16.1. The number of anilines is 4. The fourth-order valence-corrected chi connectivity index (χ4v) is 13.3. The number of phenolic OH excluding ortho intramolecular Hbond substituents is 1. The number of para-hydroxylation sites is 1. The molecule has 5 N–H and O–H groups in total. The summed E-state index contributed by atoms with van der Waals surface area (Å²) in [5.74, 6) is 1.95. The van der Waals surface area contributed by atoms with Crippen LogP contribution in [0.5, 0.6) is 11.6 Å². The zero-order chi connectivity index (χ0) is 56.6. The lowest BCUT2D eigenvalue weighted by Gasteiger charge is -2.43. The number of likely N-dealkylation sites (tertiary alicyclic amines) is 2. The molecule has 0 spiro atoms. The van der Waals surface area contributed by atoms with Gasteiger partial charge in [0.2, 0.25) is 17.7 Å². The molecule has 1 aliphatic carbocycles. The van der Waals surface area contributed by atoms with Crippen molar-refractivity contribution >= 4 is 34.8 Å². The molecule has 0 radical (unpaired) electrons. The van der Waals surface area contributed by atoms with E-state index in [0.29, 0.717) is 46.6 Å². The molecule has 12 rings (SSSR count). The van der Waals surface area contributed by atoms with Crippen molar-refractivity contribution in [3.8, 4) is 28.6 Å². The van der Waals surface area contributed by atoms with Gasteiger partial charge in [0.25, 0.3) is 0 Å². The molecule has 2 unspecified atom stereocenters. The molecular weight excluding hydrogens is 1040 g/mol. The molecule has 5 aliphatic heterocycles. The van der Waals surface area contributed by atoms with Crippen molar-refractivity contribution in [2.45, 2.75) is 127 Å². The Morgan fingerprint density at radius 1 is 0.780 bits per heavy atom. The second-order valence-corrected chi connectivity index (χ2v) is 23.8. The number of ether oxygens (including phenoxy) is 2. The van der Waals surface area contributed by atoms with Crippen molar-refractivity contribution in [1.82, 2.24) is 49.9 Å². The number of carbonyl (C=O) groups excluding carboxylic acids is 2. The van der Waals surface area contributed by atoms with Gasteiger partial charge in [-0.1, -0.05) is 43.3 Å². The van der Waals surface area contributed by atoms with Crippen LogP contribution < -0.4 is 30.5 Å². The molecule has 2 bridgehead atoms. The number of nitrogens with two attached hydrogens (primary N) is 1. The first kappa shape index (κ1) is 55.2. The Bertz CT molecular complexity index is 3160. The number of nitrogen functional groups attached to an aromatic ring is 1. The van der Waals surface area contributed by atoms with Gasteiger partial charge >= 0.3 is 0 Å². The molecule has 5 saturated heterocycles. The monoisotopic (exact) mass is 1120 g/mol. The van der Waals surface area contributed by atoms with Crippen LogP contribution in [0.2, 0.25) is 0 Å². The van der Waals surface area contributed by atoms with Crippen molar-refractivity contribution in [3.05, 3.63) is 109 Å². The Labute approximate surface area is 479 Å². The van der Waals surface area contributed by atoms with E-state index in [4.69, 9.17) is 19.7 Å². The molecule has 2 amide bonds. The van der Waals surface area contributed by atoms with E-state index >= 15 is 0 Å². The number of piperidine rings is 1. The number of nitrogens with one attached hydrogen (secondary N) is 1. The molecule has 6 aliphatic rings. The van der Waals surface area contributed by atoms with Crippen LogP contribution in [0.15, 0.2) is 95.9 Å². The van der Waals surface area contributed by atoms with E-state index in [-0.39, 0.29) is 60.8 Å². The SMILES string of the molecule is Cc1nccn1-c1ccc([C@H](C)NC(=O)[C@@H]2C[C@@H](O)CN2C(=O)[C@@H](c2cc(N3CCN(CCN4CCC(OC5CC(Oc6cc(N7C8CCC7CN(c7cc(-c9ccccc9O)nnc7N)C8)ccn6)C5)CC4)CC3)no2)C(C)C)cc1. The molecule has 82 heavy (non-hydrogen) atoms. The molecular formula is C61H78N14O7. The number of fused-ring (bicyclic) bond motifs is 2. The number of hydrogen-bond donors (Lipinski definition) is 4. The van der Waals surface area contributed by atoms with Gasteiger partial charge in [0.1, 0.15) is 29.6 Å². The first-order valence-electron chi connectivity index (χ1n) is 29.6. The lowest BCUT2D eigenvalue weighted by Crippen LogP contribution is -2.54. The maximum Gasteiger partial charge on any atom is 0.243 e. The average molecular weight is 1120 g/mol. The van der Waals surface area contributed by atoms with Crippen LogP contribution in [0.3, 0.4) is 0 Å². The third-order valence-corrected chi connectivity index (χ3v) is 18.0. The van der Waals surface area contributed by atoms with E-state index in [0.717, 1.165) is 132 Å². The molecule has 21 nitrogen and oxygen atoms in total. The number of carbonyl (C=O) groups is 2. The Balaban J connectivity index is 0.553. The fourth-order valence-electron chi connectivity index (χ4n) is 13.3. The lowest BCUT2D eigenvalue weighted by atomic mass is 9.91. The quantitative estimate of drug-likeness (QED) is 0.0778. The summed E-state index contributed by atoms with van der Waals surface area (Å²) in [6, 6.07) is 22.6. The molecule has 4 aromatic heterocycles. The zero-order valence-corrected chi connectivity index (χ0v) is 47.5. The maximum atomic E-state index is 14.4. The minimum atomic E-state index is -0.809. The van der Waals surface area contributed by atoms with Crippen molar-refractivity contribution < 1.29 is 33.8 Å². The number of piperazine rings is 2. The first-order valence-corrected chi connectivity index (χ1v) is 29.6. The van der Waals surface area contributed by atoms with Crippen LogP contribution in [0.25, 0.3) is 16.9 Å². The van der Waals surface area contributed by atoms with Crippen LogP contribution >= 0.6 is 0 Å². The Hall–Kier alpha value is -7.33. The Morgan fingerprint density at radius 3 is 2.22 bits per heavy atom. The highest BCUT2D eigenvalue weighted by Crippen LogP contribution is 2.41. The topological polar surface area (TPSA) is 233 Å². The molecule has 21 heteroatoms. The first-order chi connectivity index (χ1) is 39.8. The Morgan fingerprint density at radius 2 is 1.51 bits per heavy atom. The summed E-state index contributed by atoms with van der Waals surface area (Å²) in [6.45, 7) is 17.0. The number of aromatic hydroxyl groups is 1. The molecule has 6 fully saturated rings. The molecule has 6 aromatic rings. The van der Waals surface area contributed by atoms with Crippen LogP contribution in [-0.4, -0.2) is 181 Å². The van der Waals surface area contributed by atoms with E-state index in [2.05, 4.69) is 67.3 Å². The highest BCUT2D eigenvalue weighted by atomic mass is 16.5. The van der Waals surface area contributed by atoms with Crippen LogP contribution in [0.1, 0.15) is 94.8 Å². The number of aliphatic hydroxyl groups excluding tert-OH is 1. The number of imidazole rings is 1. The minimum Gasteiger partial charge on any atom is -0.507 e. The fraction of sp³-hybridized carbons (Fsp3) is 0.525. The number of aryl methyl sites for hydroxylation is 1. The number of aliphatic hydroxyl groups is 1. The van der Waals surface area contributed by atoms with Gasteiger partial charge in [0, 0.05) is 151 Å². The number of rotatable bonds is 18. The van der Waals surface area contributed by atoms with Gasteiger partial charge in [-0.25, -0.2) is 9.97 Å². The summed E-state index contributed by atoms with van der Waals surface area (Å²) in [5.41, 5.74) is 11.5. The standard InChI is InChI=1S/C61H78N14O7/c1-38(2)58(61(79)74-37-46(76)30-53(74)60(78)65-39(3)41-9-11-42(12-10-41)73-22-19-63-40(73)4)55-34-56(68-82-55)71-27-25-70(26-28-71)24-23-69-20-16-47(17-21-69)80-48-31-49(32-48)81-57-29-43(15-18-64-57)75-44-13-14-45(75)36-72(35-44)52-33-51(66-67-59(52)62)50-7-5-6-8-54(50)77/h5-12,15,18-19,22,29,33-34,38-39,44-49,53,58,76-77H,13-14,16-17,20-21,23-28,30-32,35-37H2,1-4H3,(H2,62,67)(H,65,78)/t39-,44?,45?,46+,48?,49?,53-,58+/m0/s1. The number of amides is 2. The van der Waals surface area contributed by atoms with E-state index in [1.54, 1.807) is 18.3 Å². The van der Waals surface area contributed by atoms with Gasteiger partial charge in [-0.15, -0.1) is 10.2 Å². The number of aromatic nitrogens is 6. The number of hydrogen-bond acceptors (Lipinski definition) is 18. The third kappa shape index (κ3) is 11.8. The van der Waals surface area contributed by atoms with Crippen LogP contribution in [0.4, 0.5) is 23.0 Å². The highest BCUT2D eigenvalue weighted by Gasteiger charge is 2.45. The molecule has 9 heterocycles. The van der Waals surface area contributed by atoms with Gasteiger partial charge in [0.15, 0.2) is 17.4 Å². The van der Waals surface area contributed by atoms with Crippen molar-refractivity contribution in [3.63, 3.8) is 0 Å². The predicted molar refractivity (Wildman–Crippen MR) is 311 cm³/mol. The average Bonchev–Trinajstić information content (AvgIpc) is 3.82. The van der Waals surface area contributed by atoms with Crippen LogP contribution in [0, 0.1) is 12.8 Å². The minimum absolute atomic E-state index is 0.0777. The third-order valence-electron chi connectivity index (χ3n) is 18.0. The second kappa shape index (κ2) is 23.9. The summed E-state index contributed by atoms with van der Waals surface area (Å²) in [7, 11) is 0. The van der Waals surface area contributed by atoms with Gasteiger partial charge in [0.05, 0.1) is 35.7 Å². The number of nitrogens with zero attached hydrogens (tertiary/aromatic N) is 12. The summed E-state index contributed by atoms with van der Waals surface area (Å²) >= 11 is 0. The normalized spacial score (nSPS) is 24.2. The summed E-state index contributed by atoms with van der Waals surface area (Å²) in [4.78, 5) is 50.8. The summed E-state index contributed by atoms with van der Waals surface area (Å²) in [6.07, 6.45) is 11.4. The van der Waals surface area contributed by atoms with Gasteiger partial charge in [-0.2, -0.15) is 0 Å². The number of phenols is 1. The molecule has 1 saturated carbocycles. The predicted octanol–water partition coefficient (Wildman–Crippen LogP) is 5.96. The van der Waals surface area contributed by atoms with E-state index in [1.807, 2.05) is 93.2 Å². The molecule has 2 aromatic carbocycles. The van der Waals surface area contributed by atoms with Gasteiger partial charge in [-0.3, -0.25) is 14.5 Å². The van der Waals surface area contributed by atoms with Crippen LogP contribution in [-0.2, 0) is 14.3 Å². The van der Waals surface area contributed by atoms with E-state index in [9.17, 15) is 19.8 Å². The zero-order valence-electron chi connectivity index (χ0n) is 47.5. The highest BCUT2D eigenvalue weighted by molar-refractivity contribution is 5.91. The van der Waals surface area contributed by atoms with E-state index in [1.165, 1.54) is 4.90 Å². The largest absolute Gasteiger partial charge is 0.507 e. The van der Waals surface area contributed by atoms with Crippen molar-refractivity contribution in [1.29, 1.82) is 0 Å². The smallest absolute Gasteiger partial charge is 0.243 e. The van der Waals surface area contributed by atoms with Gasteiger partial charge in [-0.05, 0) is 87.4 Å². The van der Waals surface area contributed by atoms with Gasteiger partial charge < -0.3 is 64.3 Å². The number of β-amino-alcohol motifs (C(OH)–C–C–N with tert-alkyl or cyclic N) is 1. The second-order valence-electron chi connectivity index (χ2n) is 23.8. The van der Waals surface area contributed by atoms with Crippen molar-refractivity contribution in [2.75, 3.05) is 92.4 Å². The molecule has 6 atom stereocenters. The summed E-state index contributed by atoms with van der Waals surface area (Å²) in [5, 5.41) is 37.4. The lowest BCUT2D eigenvalue weighted by molar-refractivity contribution is -0.141. The maximum absolute atomic E-state index is 14.4. The molecule has 434 valence electrons. The number of pyridine rings is 1. The van der Waals surface area contributed by atoms with Crippen molar-refractivity contribution in [2.24, 2.45) is 5.92 Å².